The monoisotopic (exact) mass is 388 g/mol. The van der Waals surface area contributed by atoms with Crippen molar-refractivity contribution in [3.05, 3.63) is 87.7 Å². The average Bonchev–Trinajstić information content (AvgIpc) is 3.02. The van der Waals surface area contributed by atoms with E-state index in [4.69, 9.17) is 4.74 Å². The number of nitrogens with one attached hydrogen (secondary N) is 1. The normalized spacial score (nSPS) is 12.1. The highest BCUT2D eigenvalue weighted by Gasteiger charge is 2.24. The van der Waals surface area contributed by atoms with E-state index in [2.05, 4.69) is 15.1 Å². The molecule has 7 heteroatoms. The van der Waals surface area contributed by atoms with Crippen molar-refractivity contribution in [1.82, 2.24) is 19.7 Å². The SMILES string of the molecule is Cc1nn(-c2ccccc2)c(C)c1C(=O)O[C@@H](C)c1nc2ccccc2c(=O)[nH]1. The maximum Gasteiger partial charge on any atom is 0.342 e. The molecular weight excluding hydrogens is 368 g/mol. The Hall–Kier alpha value is -3.74. The third-order valence-corrected chi connectivity index (χ3v) is 4.80. The number of esters is 1. The van der Waals surface area contributed by atoms with Crippen molar-refractivity contribution < 1.29 is 9.53 Å². The molecule has 0 saturated carbocycles. The van der Waals surface area contributed by atoms with E-state index >= 15 is 0 Å². The molecule has 29 heavy (non-hydrogen) atoms. The van der Waals surface area contributed by atoms with Gasteiger partial charge in [-0.25, -0.2) is 14.5 Å². The smallest absolute Gasteiger partial charge is 0.342 e. The molecule has 1 atom stereocenters. The second-order valence-corrected chi connectivity index (χ2v) is 6.81. The summed E-state index contributed by atoms with van der Waals surface area (Å²) in [6.07, 6.45) is -0.723. The van der Waals surface area contributed by atoms with Crippen LogP contribution in [0.5, 0.6) is 0 Å². The Morgan fingerprint density at radius 2 is 1.76 bits per heavy atom. The summed E-state index contributed by atoms with van der Waals surface area (Å²) in [6, 6.07) is 16.6. The van der Waals surface area contributed by atoms with Gasteiger partial charge < -0.3 is 9.72 Å². The number of carbonyl (C=O) groups excluding carboxylic acids is 1. The van der Waals surface area contributed by atoms with Gasteiger partial charge in [-0.15, -0.1) is 0 Å². The van der Waals surface area contributed by atoms with Gasteiger partial charge in [0.1, 0.15) is 5.56 Å². The Balaban J connectivity index is 1.63. The van der Waals surface area contributed by atoms with Gasteiger partial charge in [0.25, 0.3) is 5.56 Å². The van der Waals surface area contributed by atoms with Gasteiger partial charge in [-0.3, -0.25) is 4.79 Å². The van der Waals surface area contributed by atoms with Crippen LogP contribution < -0.4 is 5.56 Å². The summed E-state index contributed by atoms with van der Waals surface area (Å²) < 4.78 is 7.33. The predicted octanol–water partition coefficient (Wildman–Crippen LogP) is 3.64. The maximum absolute atomic E-state index is 12.9. The third kappa shape index (κ3) is 3.42. The zero-order valence-corrected chi connectivity index (χ0v) is 16.3. The Morgan fingerprint density at radius 1 is 1.07 bits per heavy atom. The maximum atomic E-state index is 12.9. The molecule has 0 fully saturated rings. The third-order valence-electron chi connectivity index (χ3n) is 4.80. The van der Waals surface area contributed by atoms with Gasteiger partial charge in [0, 0.05) is 0 Å². The van der Waals surface area contributed by atoms with Gasteiger partial charge >= 0.3 is 5.97 Å². The Kier molecular flexibility index (Phi) is 4.72. The zero-order valence-electron chi connectivity index (χ0n) is 16.3. The van der Waals surface area contributed by atoms with E-state index in [9.17, 15) is 9.59 Å². The van der Waals surface area contributed by atoms with Gasteiger partial charge in [-0.2, -0.15) is 5.10 Å². The van der Waals surface area contributed by atoms with Crippen LogP contribution >= 0.6 is 0 Å². The molecule has 4 rings (SSSR count). The lowest BCUT2D eigenvalue weighted by molar-refractivity contribution is 0.0318. The highest BCUT2D eigenvalue weighted by Crippen LogP contribution is 2.22. The van der Waals surface area contributed by atoms with Crippen LogP contribution in [-0.2, 0) is 4.74 Å². The van der Waals surface area contributed by atoms with Crippen LogP contribution in [0.1, 0.15) is 40.6 Å². The van der Waals surface area contributed by atoms with Crippen LogP contribution in [0.2, 0.25) is 0 Å². The largest absolute Gasteiger partial charge is 0.451 e. The zero-order chi connectivity index (χ0) is 20.5. The number of aryl methyl sites for hydroxylation is 1. The Labute approximate surface area is 167 Å². The van der Waals surface area contributed by atoms with Gasteiger partial charge in [-0.05, 0) is 45.0 Å². The van der Waals surface area contributed by atoms with E-state index in [0.29, 0.717) is 33.7 Å². The summed E-state index contributed by atoms with van der Waals surface area (Å²) >= 11 is 0. The number of aromatic amines is 1. The van der Waals surface area contributed by atoms with Crippen LogP contribution in [0.25, 0.3) is 16.6 Å². The molecule has 146 valence electrons. The fraction of sp³-hybridized carbons (Fsp3) is 0.182. The predicted molar refractivity (Wildman–Crippen MR) is 109 cm³/mol. The second kappa shape index (κ2) is 7.35. The first-order valence-corrected chi connectivity index (χ1v) is 9.27. The number of aromatic nitrogens is 4. The van der Waals surface area contributed by atoms with Gasteiger partial charge in [-0.1, -0.05) is 30.3 Å². The molecule has 7 nitrogen and oxygen atoms in total. The van der Waals surface area contributed by atoms with E-state index in [1.54, 1.807) is 42.8 Å². The van der Waals surface area contributed by atoms with E-state index in [1.807, 2.05) is 37.3 Å². The standard InChI is InChI=1S/C22H20N4O3/c1-13-19(14(2)26(25-13)16-9-5-4-6-10-16)22(28)29-15(3)20-23-18-12-8-7-11-17(18)21(27)24-20/h4-12,15H,1-3H3,(H,23,24,27)/t15-/m0/s1. The lowest BCUT2D eigenvalue weighted by Crippen LogP contribution is -2.18. The first-order valence-electron chi connectivity index (χ1n) is 9.27. The van der Waals surface area contributed by atoms with Crippen molar-refractivity contribution in [3.63, 3.8) is 0 Å². The van der Waals surface area contributed by atoms with E-state index < -0.39 is 12.1 Å². The van der Waals surface area contributed by atoms with Crippen LogP contribution in [0.4, 0.5) is 0 Å². The molecule has 0 radical (unpaired) electrons. The number of H-pyrrole nitrogens is 1. The van der Waals surface area contributed by atoms with Gasteiger partial charge in [0.2, 0.25) is 0 Å². The number of ether oxygens (including phenoxy) is 1. The molecule has 0 amide bonds. The number of fused-ring (bicyclic) bond motifs is 1. The van der Waals surface area contributed by atoms with Gasteiger partial charge in [0.15, 0.2) is 11.9 Å². The van der Waals surface area contributed by atoms with Crippen molar-refractivity contribution in [3.8, 4) is 5.69 Å². The minimum absolute atomic E-state index is 0.266. The summed E-state index contributed by atoms with van der Waals surface area (Å²) in [4.78, 5) is 32.3. The summed E-state index contributed by atoms with van der Waals surface area (Å²) in [5.41, 5.74) is 2.81. The van der Waals surface area contributed by atoms with Crippen LogP contribution in [0.15, 0.2) is 59.4 Å². The topological polar surface area (TPSA) is 89.9 Å². The molecule has 0 aliphatic rings. The molecule has 0 bridgehead atoms. The quantitative estimate of drug-likeness (QED) is 0.539. The molecule has 2 heterocycles. The highest BCUT2D eigenvalue weighted by atomic mass is 16.5. The summed E-state index contributed by atoms with van der Waals surface area (Å²) in [6.45, 7) is 5.27. The molecule has 0 spiro atoms. The number of nitrogens with zero attached hydrogens (tertiary/aromatic N) is 3. The number of para-hydroxylation sites is 2. The molecule has 2 aromatic carbocycles. The Bertz CT molecular complexity index is 1260. The molecule has 0 unspecified atom stereocenters. The number of carbonyl (C=O) groups is 1. The number of rotatable bonds is 4. The van der Waals surface area contributed by atoms with Crippen molar-refractivity contribution >= 4 is 16.9 Å². The first-order chi connectivity index (χ1) is 14.0. The highest BCUT2D eigenvalue weighted by molar-refractivity contribution is 5.92. The molecule has 4 aromatic rings. The minimum atomic E-state index is -0.723. The molecular formula is C22H20N4O3. The lowest BCUT2D eigenvalue weighted by atomic mass is 10.2. The Morgan fingerprint density at radius 3 is 2.52 bits per heavy atom. The number of hydrogen-bond donors (Lipinski definition) is 1. The average molecular weight is 388 g/mol. The fourth-order valence-electron chi connectivity index (χ4n) is 3.33. The summed E-state index contributed by atoms with van der Waals surface area (Å²) in [5, 5.41) is 4.97. The molecule has 2 aromatic heterocycles. The van der Waals surface area contributed by atoms with Crippen molar-refractivity contribution in [1.29, 1.82) is 0 Å². The second-order valence-electron chi connectivity index (χ2n) is 6.81. The van der Waals surface area contributed by atoms with Crippen molar-refractivity contribution in [2.45, 2.75) is 26.9 Å². The molecule has 0 aliphatic heterocycles. The lowest BCUT2D eigenvalue weighted by Gasteiger charge is -2.13. The minimum Gasteiger partial charge on any atom is -0.451 e. The molecule has 1 N–H and O–H groups in total. The number of benzene rings is 2. The summed E-state index contributed by atoms with van der Waals surface area (Å²) in [7, 11) is 0. The van der Waals surface area contributed by atoms with Crippen LogP contribution in [0, 0.1) is 13.8 Å². The van der Waals surface area contributed by atoms with E-state index in [1.165, 1.54) is 0 Å². The van der Waals surface area contributed by atoms with Crippen molar-refractivity contribution in [2.75, 3.05) is 0 Å². The number of hydrogen-bond acceptors (Lipinski definition) is 5. The first kappa shape index (κ1) is 18.6. The summed E-state index contributed by atoms with van der Waals surface area (Å²) in [5.74, 6) is -0.210. The molecule has 0 aliphatic carbocycles. The van der Waals surface area contributed by atoms with Crippen LogP contribution in [-0.4, -0.2) is 25.7 Å². The van der Waals surface area contributed by atoms with Crippen LogP contribution in [0.3, 0.4) is 0 Å². The molecule has 0 saturated heterocycles. The van der Waals surface area contributed by atoms with E-state index in [-0.39, 0.29) is 5.56 Å². The fourth-order valence-corrected chi connectivity index (χ4v) is 3.33. The van der Waals surface area contributed by atoms with E-state index in [0.717, 1.165) is 5.69 Å². The van der Waals surface area contributed by atoms with Crippen molar-refractivity contribution in [2.24, 2.45) is 0 Å². The van der Waals surface area contributed by atoms with Gasteiger partial charge in [0.05, 0.1) is 28.0 Å².